The zero-order chi connectivity index (χ0) is 15.6. The minimum atomic E-state index is -0.573. The Morgan fingerprint density at radius 2 is 2.05 bits per heavy atom. The fourth-order valence-electron chi connectivity index (χ4n) is 1.99. The molecule has 0 aliphatic carbocycles. The van der Waals surface area contributed by atoms with E-state index in [0.717, 1.165) is 11.0 Å². The maximum absolute atomic E-state index is 12.0. The molecule has 0 aromatic heterocycles. The number of Topliss-reactive ketones (excluding diaryl/α,β-unsaturated/α-hetero) is 1. The van der Waals surface area contributed by atoms with Crippen LogP contribution in [0.3, 0.4) is 0 Å². The van der Waals surface area contributed by atoms with Gasteiger partial charge in [-0.3, -0.25) is 19.3 Å². The molecular weight excluding hydrogens is 276 g/mol. The molecule has 21 heavy (non-hydrogen) atoms. The summed E-state index contributed by atoms with van der Waals surface area (Å²) in [6, 6.07) is 4.08. The molecule has 0 atom stereocenters. The van der Waals surface area contributed by atoms with Crippen LogP contribution in [0.15, 0.2) is 30.0 Å². The van der Waals surface area contributed by atoms with Crippen LogP contribution in [0.2, 0.25) is 0 Å². The largest absolute Gasteiger partial charge is 0.508 e. The highest BCUT2D eigenvalue weighted by molar-refractivity contribution is 6.17. The molecule has 1 heterocycles. The van der Waals surface area contributed by atoms with Gasteiger partial charge in [0.05, 0.1) is 13.2 Å². The first-order chi connectivity index (χ1) is 9.93. The van der Waals surface area contributed by atoms with Gasteiger partial charge in [0.1, 0.15) is 11.4 Å². The highest BCUT2D eigenvalue weighted by atomic mass is 16.3. The molecule has 2 amide bonds. The number of phenolic OH excluding ortho intramolecular Hbond substituents is 1. The van der Waals surface area contributed by atoms with E-state index in [2.05, 4.69) is 5.32 Å². The van der Waals surface area contributed by atoms with Crippen LogP contribution in [-0.2, 0) is 9.59 Å². The second-order valence-electron chi connectivity index (χ2n) is 4.49. The Hall–Kier alpha value is -2.67. The number of hydrogen-bond acceptors (Lipinski definition) is 6. The Labute approximate surface area is 120 Å². The number of carbonyl (C=O) groups excluding carboxylic acids is 3. The van der Waals surface area contributed by atoms with Crippen molar-refractivity contribution in [1.29, 1.82) is 0 Å². The summed E-state index contributed by atoms with van der Waals surface area (Å²) in [5, 5.41) is 20.9. The van der Waals surface area contributed by atoms with Crippen LogP contribution in [0.4, 0.5) is 5.69 Å². The molecule has 7 nitrogen and oxygen atoms in total. The third-order valence-corrected chi connectivity index (χ3v) is 2.98. The Kier molecular flexibility index (Phi) is 4.04. The number of ketones is 1. The molecule has 0 saturated heterocycles. The Bertz CT molecular complexity index is 651. The third-order valence-electron chi connectivity index (χ3n) is 2.98. The first kappa shape index (κ1) is 14.7. The number of rotatable bonds is 5. The van der Waals surface area contributed by atoms with E-state index in [1.165, 1.54) is 25.1 Å². The Balaban J connectivity index is 2.28. The lowest BCUT2D eigenvalue weighted by atomic mass is 10.1. The number of aliphatic hydroxyl groups excluding tert-OH is 1. The summed E-state index contributed by atoms with van der Waals surface area (Å²) < 4.78 is 0. The van der Waals surface area contributed by atoms with Crippen molar-refractivity contribution in [2.75, 3.05) is 18.5 Å². The number of β-amino-alcohol motifs (C(OH)–C–C–N with tert-alkyl or cyclic N) is 1. The minimum absolute atomic E-state index is 0.0154. The van der Waals surface area contributed by atoms with Gasteiger partial charge in [-0.2, -0.15) is 0 Å². The number of aliphatic hydroxyl groups is 1. The summed E-state index contributed by atoms with van der Waals surface area (Å²) in [6.07, 6.45) is 1.11. The molecule has 1 aliphatic heterocycles. The quantitative estimate of drug-likeness (QED) is 0.408. The summed E-state index contributed by atoms with van der Waals surface area (Å²) in [7, 11) is 0. The van der Waals surface area contributed by atoms with Crippen molar-refractivity contribution in [3.63, 3.8) is 0 Å². The number of nitrogens with zero attached hydrogens (tertiary/aromatic N) is 1. The maximum Gasteiger partial charge on any atom is 0.277 e. The van der Waals surface area contributed by atoms with Crippen molar-refractivity contribution in [3.05, 3.63) is 35.5 Å². The summed E-state index contributed by atoms with van der Waals surface area (Å²) in [5.41, 5.74) is 0.539. The van der Waals surface area contributed by atoms with Crippen molar-refractivity contribution >= 4 is 23.3 Å². The van der Waals surface area contributed by atoms with Crippen molar-refractivity contribution < 1.29 is 24.6 Å². The smallest absolute Gasteiger partial charge is 0.277 e. The molecule has 1 aromatic carbocycles. The summed E-state index contributed by atoms with van der Waals surface area (Å²) in [5.74, 6) is -1.47. The van der Waals surface area contributed by atoms with E-state index in [1.54, 1.807) is 0 Å². The van der Waals surface area contributed by atoms with E-state index in [4.69, 9.17) is 5.11 Å². The number of phenols is 1. The summed E-state index contributed by atoms with van der Waals surface area (Å²) >= 11 is 0. The van der Waals surface area contributed by atoms with E-state index >= 15 is 0 Å². The number of anilines is 1. The minimum Gasteiger partial charge on any atom is -0.508 e. The van der Waals surface area contributed by atoms with Crippen molar-refractivity contribution in [3.8, 4) is 5.75 Å². The fraction of sp³-hybridized carbons (Fsp3) is 0.214. The molecular formula is C14H14N2O5. The van der Waals surface area contributed by atoms with Crippen molar-refractivity contribution in [1.82, 2.24) is 4.90 Å². The second kappa shape index (κ2) is 5.76. The molecule has 0 unspecified atom stereocenters. The molecule has 0 bridgehead atoms. The lowest BCUT2D eigenvalue weighted by Crippen LogP contribution is -2.34. The molecule has 0 saturated carbocycles. The zero-order valence-electron chi connectivity index (χ0n) is 11.3. The van der Waals surface area contributed by atoms with Crippen LogP contribution in [0.1, 0.15) is 17.3 Å². The van der Waals surface area contributed by atoms with Gasteiger partial charge < -0.3 is 15.5 Å². The van der Waals surface area contributed by atoms with E-state index in [1.807, 2.05) is 0 Å². The van der Waals surface area contributed by atoms with Gasteiger partial charge >= 0.3 is 0 Å². The molecule has 3 N–H and O–H groups in total. The molecule has 1 aliphatic rings. The van der Waals surface area contributed by atoms with Gasteiger partial charge in [0.15, 0.2) is 5.78 Å². The third kappa shape index (κ3) is 2.92. The van der Waals surface area contributed by atoms with Crippen LogP contribution < -0.4 is 5.32 Å². The second-order valence-corrected chi connectivity index (χ2v) is 4.49. The van der Waals surface area contributed by atoms with Gasteiger partial charge in [0.2, 0.25) is 0 Å². The van der Waals surface area contributed by atoms with Gasteiger partial charge in [0.25, 0.3) is 11.8 Å². The fourth-order valence-corrected chi connectivity index (χ4v) is 1.99. The molecule has 0 fully saturated rings. The highest BCUT2D eigenvalue weighted by Gasteiger charge is 2.31. The molecule has 110 valence electrons. The molecule has 1 aromatic rings. The topological polar surface area (TPSA) is 107 Å². The molecule has 0 spiro atoms. The zero-order valence-corrected chi connectivity index (χ0v) is 11.3. The predicted octanol–water partition coefficient (Wildman–Crippen LogP) is 0.252. The first-order valence-electron chi connectivity index (χ1n) is 6.23. The Morgan fingerprint density at radius 1 is 1.33 bits per heavy atom. The molecule has 2 rings (SSSR count). The first-order valence-corrected chi connectivity index (χ1v) is 6.23. The lowest BCUT2D eigenvalue weighted by molar-refractivity contribution is -0.137. The maximum atomic E-state index is 12.0. The molecule has 7 heteroatoms. The lowest BCUT2D eigenvalue weighted by Gasteiger charge is -2.14. The SMILES string of the molecule is CC(=O)c1cc(O)ccc1NC1=CC(=O)N(CCO)C1=O. The van der Waals surface area contributed by atoms with Gasteiger partial charge in [-0.15, -0.1) is 0 Å². The monoisotopic (exact) mass is 290 g/mol. The Morgan fingerprint density at radius 3 is 2.67 bits per heavy atom. The number of aromatic hydroxyl groups is 1. The summed E-state index contributed by atoms with van der Waals surface area (Å²) in [4.78, 5) is 36.0. The number of carbonyl (C=O) groups is 3. The molecule has 0 radical (unpaired) electrons. The van der Waals surface area contributed by atoms with Crippen LogP contribution in [0, 0.1) is 0 Å². The van der Waals surface area contributed by atoms with Crippen molar-refractivity contribution in [2.24, 2.45) is 0 Å². The number of nitrogens with one attached hydrogen (secondary N) is 1. The van der Waals surface area contributed by atoms with Gasteiger partial charge in [-0.25, -0.2) is 0 Å². The predicted molar refractivity (Wildman–Crippen MR) is 73.6 cm³/mol. The van der Waals surface area contributed by atoms with Gasteiger partial charge in [-0.1, -0.05) is 0 Å². The number of imide groups is 1. The van der Waals surface area contributed by atoms with Crippen LogP contribution >= 0.6 is 0 Å². The van der Waals surface area contributed by atoms with E-state index < -0.39 is 11.8 Å². The van der Waals surface area contributed by atoms with E-state index in [0.29, 0.717) is 5.69 Å². The highest BCUT2D eigenvalue weighted by Crippen LogP contribution is 2.24. The van der Waals surface area contributed by atoms with E-state index in [-0.39, 0.29) is 35.9 Å². The number of amides is 2. The van der Waals surface area contributed by atoms with Crippen LogP contribution in [0.25, 0.3) is 0 Å². The van der Waals surface area contributed by atoms with Crippen molar-refractivity contribution in [2.45, 2.75) is 6.92 Å². The normalized spacial score (nSPS) is 14.4. The standard InChI is InChI=1S/C14H14N2O5/c1-8(18)10-6-9(19)2-3-11(10)15-12-7-13(20)16(4-5-17)14(12)21/h2-3,6-7,15,17,19H,4-5H2,1H3. The average Bonchev–Trinajstić information content (AvgIpc) is 2.68. The van der Waals surface area contributed by atoms with Gasteiger partial charge in [0, 0.05) is 17.3 Å². The van der Waals surface area contributed by atoms with Crippen LogP contribution in [-0.4, -0.2) is 45.9 Å². The van der Waals surface area contributed by atoms with Crippen LogP contribution in [0.5, 0.6) is 5.75 Å². The van der Waals surface area contributed by atoms with E-state index in [9.17, 15) is 19.5 Å². The summed E-state index contributed by atoms with van der Waals surface area (Å²) in [6.45, 7) is 0.916. The van der Waals surface area contributed by atoms with Gasteiger partial charge in [-0.05, 0) is 25.1 Å². The average molecular weight is 290 g/mol. The number of benzene rings is 1. The number of hydrogen-bond donors (Lipinski definition) is 3.